The summed E-state index contributed by atoms with van der Waals surface area (Å²) in [6.07, 6.45) is 0. The van der Waals surface area contributed by atoms with Gasteiger partial charge in [0, 0.05) is 15.4 Å². The zero-order valence-corrected chi connectivity index (χ0v) is 14.5. The van der Waals surface area contributed by atoms with E-state index in [4.69, 9.17) is 0 Å². The van der Waals surface area contributed by atoms with Crippen molar-refractivity contribution in [1.82, 2.24) is 9.78 Å². The number of ether oxygens (including phenoxy) is 1. The summed E-state index contributed by atoms with van der Waals surface area (Å²) in [5.41, 5.74) is -0.561. The third-order valence-electron chi connectivity index (χ3n) is 3.64. The fourth-order valence-electron chi connectivity index (χ4n) is 2.42. The summed E-state index contributed by atoms with van der Waals surface area (Å²) in [4.78, 5) is 24.5. The van der Waals surface area contributed by atoms with Gasteiger partial charge in [-0.15, -0.1) is 0 Å². The maximum atomic E-state index is 14.0. The molecule has 0 radical (unpaired) electrons. The number of hydrogen-bond donors (Lipinski definition) is 0. The molecular weight excluding hydrogens is 398 g/mol. The minimum Gasteiger partial charge on any atom is -0.464 e. The molecule has 8 heteroatoms. The first-order valence-corrected chi connectivity index (χ1v) is 7.92. The molecule has 3 rings (SSSR count). The number of methoxy groups -OCH3 is 1. The number of nitrogens with zero attached hydrogens (tertiary/aromatic N) is 2. The fourth-order valence-corrected chi connectivity index (χ4v) is 2.76. The molecule has 5 nitrogen and oxygen atoms in total. The topological polar surface area (TPSA) is 61.2 Å². The Kier molecular flexibility index (Phi) is 4.63. The SMILES string of the molecule is COC(=O)c1nn(Cc2ccc(Br)cc2F)c(=O)c2ccc(F)cc12. The average molecular weight is 409 g/mol. The molecule has 1 heterocycles. The zero-order valence-electron chi connectivity index (χ0n) is 12.9. The third kappa shape index (κ3) is 3.30. The number of aromatic nitrogens is 2. The largest absolute Gasteiger partial charge is 0.464 e. The molecule has 25 heavy (non-hydrogen) atoms. The zero-order chi connectivity index (χ0) is 18.1. The molecule has 1 aromatic heterocycles. The maximum absolute atomic E-state index is 14.0. The lowest BCUT2D eigenvalue weighted by Crippen LogP contribution is -2.27. The number of hydrogen-bond acceptors (Lipinski definition) is 4. The van der Waals surface area contributed by atoms with Crippen LogP contribution in [0.4, 0.5) is 8.78 Å². The highest BCUT2D eigenvalue weighted by atomic mass is 79.9. The highest BCUT2D eigenvalue weighted by Crippen LogP contribution is 2.18. The van der Waals surface area contributed by atoms with Gasteiger partial charge in [0.15, 0.2) is 5.69 Å². The van der Waals surface area contributed by atoms with Crippen LogP contribution in [0, 0.1) is 11.6 Å². The molecule has 128 valence electrons. The summed E-state index contributed by atoms with van der Waals surface area (Å²) in [7, 11) is 1.15. The van der Waals surface area contributed by atoms with Crippen molar-refractivity contribution in [2.24, 2.45) is 0 Å². The molecule has 0 amide bonds. The number of halogens is 3. The minimum atomic E-state index is -0.819. The van der Waals surface area contributed by atoms with Gasteiger partial charge in [0.2, 0.25) is 0 Å². The molecule has 0 saturated heterocycles. The Morgan fingerprint density at radius 2 is 1.96 bits per heavy atom. The van der Waals surface area contributed by atoms with Gasteiger partial charge in [-0.05, 0) is 30.3 Å². The molecule has 0 N–H and O–H groups in total. The Morgan fingerprint density at radius 3 is 2.64 bits per heavy atom. The van der Waals surface area contributed by atoms with E-state index >= 15 is 0 Å². The lowest BCUT2D eigenvalue weighted by atomic mass is 10.1. The van der Waals surface area contributed by atoms with Gasteiger partial charge in [-0.1, -0.05) is 22.0 Å². The first-order valence-electron chi connectivity index (χ1n) is 7.13. The summed E-state index contributed by atoms with van der Waals surface area (Å²) in [5, 5.41) is 4.09. The van der Waals surface area contributed by atoms with Crippen LogP contribution < -0.4 is 5.56 Å². The van der Waals surface area contributed by atoms with Gasteiger partial charge < -0.3 is 4.74 Å². The highest BCUT2D eigenvalue weighted by molar-refractivity contribution is 9.10. The Balaban J connectivity index is 2.22. The molecule has 2 aromatic carbocycles. The van der Waals surface area contributed by atoms with E-state index in [1.165, 1.54) is 18.2 Å². The third-order valence-corrected chi connectivity index (χ3v) is 4.13. The Labute approximate surface area is 149 Å². The molecule has 0 saturated carbocycles. The van der Waals surface area contributed by atoms with Crippen molar-refractivity contribution in [3.05, 3.63) is 74.1 Å². The van der Waals surface area contributed by atoms with Gasteiger partial charge in [0.1, 0.15) is 11.6 Å². The Bertz CT molecular complexity index is 1050. The van der Waals surface area contributed by atoms with Crippen LogP contribution in [0.3, 0.4) is 0 Å². The van der Waals surface area contributed by atoms with Crippen molar-refractivity contribution >= 4 is 32.7 Å². The Morgan fingerprint density at radius 1 is 1.20 bits per heavy atom. The molecule has 0 fully saturated rings. The fraction of sp³-hybridized carbons (Fsp3) is 0.118. The van der Waals surface area contributed by atoms with E-state index in [1.54, 1.807) is 6.07 Å². The predicted octanol–water partition coefficient (Wildman–Crippen LogP) is 3.27. The van der Waals surface area contributed by atoms with E-state index < -0.39 is 23.2 Å². The number of carbonyl (C=O) groups excluding carboxylic acids is 1. The van der Waals surface area contributed by atoms with Crippen molar-refractivity contribution < 1.29 is 18.3 Å². The van der Waals surface area contributed by atoms with Crippen LogP contribution in [-0.2, 0) is 11.3 Å². The van der Waals surface area contributed by atoms with Gasteiger partial charge in [-0.2, -0.15) is 5.10 Å². The molecule has 0 aliphatic heterocycles. The van der Waals surface area contributed by atoms with E-state index in [1.807, 2.05) is 0 Å². The maximum Gasteiger partial charge on any atom is 0.359 e. The number of benzene rings is 2. The van der Waals surface area contributed by atoms with Crippen LogP contribution in [0.2, 0.25) is 0 Å². The molecule has 0 unspecified atom stereocenters. The molecule has 0 bridgehead atoms. The van der Waals surface area contributed by atoms with E-state index in [2.05, 4.69) is 25.8 Å². The molecule has 0 spiro atoms. The highest BCUT2D eigenvalue weighted by Gasteiger charge is 2.18. The molecule has 0 atom stereocenters. The lowest BCUT2D eigenvalue weighted by molar-refractivity contribution is 0.0593. The van der Waals surface area contributed by atoms with Crippen LogP contribution in [0.5, 0.6) is 0 Å². The van der Waals surface area contributed by atoms with E-state index in [0.29, 0.717) is 4.47 Å². The van der Waals surface area contributed by atoms with Crippen molar-refractivity contribution in [3.8, 4) is 0 Å². The van der Waals surface area contributed by atoms with Crippen LogP contribution in [0.25, 0.3) is 10.8 Å². The second-order valence-electron chi connectivity index (χ2n) is 5.23. The summed E-state index contributed by atoms with van der Waals surface area (Å²) in [6.45, 7) is -0.185. The normalized spacial score (nSPS) is 10.9. The van der Waals surface area contributed by atoms with Crippen molar-refractivity contribution in [3.63, 3.8) is 0 Å². The quantitative estimate of drug-likeness (QED) is 0.624. The summed E-state index contributed by atoms with van der Waals surface area (Å²) < 4.78 is 33.7. The van der Waals surface area contributed by atoms with Crippen LogP contribution in [0.15, 0.2) is 45.7 Å². The average Bonchev–Trinajstić information content (AvgIpc) is 2.58. The van der Waals surface area contributed by atoms with E-state index in [0.717, 1.165) is 23.9 Å². The van der Waals surface area contributed by atoms with Gasteiger partial charge in [0.05, 0.1) is 19.0 Å². The first kappa shape index (κ1) is 17.2. The van der Waals surface area contributed by atoms with E-state index in [-0.39, 0.29) is 28.6 Å². The number of carbonyl (C=O) groups is 1. The summed E-state index contributed by atoms with van der Waals surface area (Å²) in [5.74, 6) is -1.96. The van der Waals surface area contributed by atoms with Gasteiger partial charge >= 0.3 is 5.97 Å². The minimum absolute atomic E-state index is 0.0457. The second-order valence-corrected chi connectivity index (χ2v) is 6.14. The molecule has 0 aliphatic carbocycles. The molecule has 0 aliphatic rings. The second kappa shape index (κ2) is 6.72. The standard InChI is InChI=1S/C17H11BrF2N2O3/c1-25-17(24)15-13-7-11(19)4-5-12(13)16(23)22(21-15)8-9-2-3-10(18)6-14(9)20/h2-7H,8H2,1H3. The van der Waals surface area contributed by atoms with Crippen LogP contribution >= 0.6 is 15.9 Å². The number of fused-ring (bicyclic) bond motifs is 1. The molecule has 3 aromatic rings. The van der Waals surface area contributed by atoms with Crippen LogP contribution in [0.1, 0.15) is 16.1 Å². The van der Waals surface area contributed by atoms with Gasteiger partial charge in [0.25, 0.3) is 5.56 Å². The number of esters is 1. The van der Waals surface area contributed by atoms with Crippen molar-refractivity contribution in [2.75, 3.05) is 7.11 Å². The van der Waals surface area contributed by atoms with Crippen molar-refractivity contribution in [1.29, 1.82) is 0 Å². The summed E-state index contributed by atoms with van der Waals surface area (Å²) >= 11 is 3.15. The van der Waals surface area contributed by atoms with Gasteiger partial charge in [-0.25, -0.2) is 18.3 Å². The smallest absolute Gasteiger partial charge is 0.359 e. The summed E-state index contributed by atoms with van der Waals surface area (Å²) in [6, 6.07) is 7.80. The number of rotatable bonds is 3. The molecular formula is C17H11BrF2N2O3. The van der Waals surface area contributed by atoms with Gasteiger partial charge in [-0.3, -0.25) is 4.79 Å². The predicted molar refractivity (Wildman–Crippen MR) is 90.5 cm³/mol. The van der Waals surface area contributed by atoms with Crippen molar-refractivity contribution in [2.45, 2.75) is 6.54 Å². The monoisotopic (exact) mass is 408 g/mol. The van der Waals surface area contributed by atoms with Crippen LogP contribution in [-0.4, -0.2) is 22.9 Å². The Hall–Kier alpha value is -2.61. The first-order chi connectivity index (χ1) is 11.9. The lowest BCUT2D eigenvalue weighted by Gasteiger charge is -2.11. The van der Waals surface area contributed by atoms with E-state index in [9.17, 15) is 18.4 Å².